The fourth-order valence-electron chi connectivity index (χ4n) is 1.69. The molecule has 0 bridgehead atoms. The summed E-state index contributed by atoms with van der Waals surface area (Å²) in [6, 6.07) is 0. The molecule has 132 valence electrons. The van der Waals surface area contributed by atoms with Gasteiger partial charge in [-0.05, 0) is 33.1 Å². The molecule has 0 amide bonds. The smallest absolute Gasteiger partial charge is 0.434 e. The van der Waals surface area contributed by atoms with Crippen LogP contribution in [-0.2, 0) is 19.1 Å². The van der Waals surface area contributed by atoms with Crippen LogP contribution in [0, 0.1) is 5.92 Å². The molecule has 0 aromatic rings. The molecule has 0 aliphatic carbocycles. The average Bonchev–Trinajstić information content (AvgIpc) is 2.33. The molecule has 0 aromatic carbocycles. The van der Waals surface area contributed by atoms with E-state index in [1.165, 1.54) is 6.92 Å². The summed E-state index contributed by atoms with van der Waals surface area (Å²) in [6.07, 6.45) is -2.76. The number of nitrogens with zero attached hydrogens (tertiary/aromatic N) is 2. The van der Waals surface area contributed by atoms with E-state index in [9.17, 15) is 4.79 Å². The van der Waals surface area contributed by atoms with Gasteiger partial charge in [-0.1, -0.05) is 6.92 Å². The zero-order chi connectivity index (χ0) is 17.3. The second-order valence-electron chi connectivity index (χ2n) is 4.92. The van der Waals surface area contributed by atoms with Gasteiger partial charge in [0.15, 0.2) is 0 Å². The topological polar surface area (TPSA) is 141 Å². The Morgan fingerprint density at radius 2 is 1.55 bits per heavy atom. The van der Waals surface area contributed by atoms with Crippen molar-refractivity contribution < 1.29 is 44.8 Å². The van der Waals surface area contributed by atoms with E-state index >= 15 is 0 Å². The summed E-state index contributed by atoms with van der Waals surface area (Å²) in [4.78, 5) is 20.4. The van der Waals surface area contributed by atoms with Crippen molar-refractivity contribution in [1.29, 1.82) is 0 Å². The Balaban J connectivity index is 4.38. The van der Waals surface area contributed by atoms with Gasteiger partial charge in [0.05, 0.1) is 23.5 Å². The molecule has 11 heteroatoms. The van der Waals surface area contributed by atoms with Crippen molar-refractivity contribution in [2.75, 3.05) is 6.61 Å². The van der Waals surface area contributed by atoms with Gasteiger partial charge in [-0.2, -0.15) is 0 Å². The standard InChI is InChI=1S/C11H24N2O9/c1-7(2)20-11(14)19-6-5-8(3)10(22-13(17)18)9(4)21-12(15)16/h7-10,15-18H,5-6H2,1-4H3/t8?,9-,10-/m1/s1. The molecule has 0 aromatic heterocycles. The second-order valence-corrected chi connectivity index (χ2v) is 4.92. The lowest BCUT2D eigenvalue weighted by molar-refractivity contribution is -0.539. The maximum Gasteiger partial charge on any atom is 0.508 e. The van der Waals surface area contributed by atoms with Crippen molar-refractivity contribution in [3.63, 3.8) is 0 Å². The quantitative estimate of drug-likeness (QED) is 0.341. The number of rotatable bonds is 10. The van der Waals surface area contributed by atoms with Crippen LogP contribution in [0.15, 0.2) is 0 Å². The van der Waals surface area contributed by atoms with Crippen molar-refractivity contribution >= 4 is 6.16 Å². The van der Waals surface area contributed by atoms with Crippen LogP contribution in [0.4, 0.5) is 4.79 Å². The van der Waals surface area contributed by atoms with Crippen molar-refractivity contribution in [3.8, 4) is 0 Å². The van der Waals surface area contributed by atoms with Crippen LogP contribution in [-0.4, -0.2) is 62.7 Å². The first kappa shape index (κ1) is 20.9. The summed E-state index contributed by atoms with van der Waals surface area (Å²) in [7, 11) is 0. The molecular weight excluding hydrogens is 304 g/mol. The first-order valence-electron chi connectivity index (χ1n) is 6.66. The summed E-state index contributed by atoms with van der Waals surface area (Å²) >= 11 is 0. The Hall–Kier alpha value is -1.05. The summed E-state index contributed by atoms with van der Waals surface area (Å²) in [5.74, 6) is -0.399. The van der Waals surface area contributed by atoms with Crippen LogP contribution in [0.1, 0.15) is 34.1 Å². The molecule has 0 aliphatic heterocycles. The summed E-state index contributed by atoms with van der Waals surface area (Å²) in [5, 5.41) is 33.7. The van der Waals surface area contributed by atoms with E-state index in [1.807, 2.05) is 0 Å². The summed E-state index contributed by atoms with van der Waals surface area (Å²) < 4.78 is 9.61. The molecule has 0 fully saturated rings. The third kappa shape index (κ3) is 9.81. The van der Waals surface area contributed by atoms with Gasteiger partial charge in [-0.15, -0.1) is 0 Å². The van der Waals surface area contributed by atoms with Crippen LogP contribution in [0.5, 0.6) is 0 Å². The van der Waals surface area contributed by atoms with E-state index in [1.54, 1.807) is 20.8 Å². The van der Waals surface area contributed by atoms with Gasteiger partial charge in [-0.3, -0.25) is 20.8 Å². The molecular formula is C11H24N2O9. The van der Waals surface area contributed by atoms with E-state index in [-0.39, 0.29) is 19.1 Å². The first-order chi connectivity index (χ1) is 10.1. The third-order valence-electron chi connectivity index (χ3n) is 2.63. The van der Waals surface area contributed by atoms with Gasteiger partial charge in [0.2, 0.25) is 0 Å². The number of hydrogen-bond acceptors (Lipinski definition) is 11. The molecule has 11 nitrogen and oxygen atoms in total. The maximum absolute atomic E-state index is 11.2. The molecule has 0 rings (SSSR count). The molecule has 3 atom stereocenters. The summed E-state index contributed by atoms with van der Waals surface area (Å²) in [6.45, 7) is 6.43. The van der Waals surface area contributed by atoms with Crippen molar-refractivity contribution in [1.82, 2.24) is 10.8 Å². The Labute approximate surface area is 127 Å². The lowest BCUT2D eigenvalue weighted by Gasteiger charge is -2.29. The van der Waals surface area contributed by atoms with Crippen LogP contribution in [0.2, 0.25) is 0 Å². The Kier molecular flexibility index (Phi) is 10.1. The first-order valence-corrected chi connectivity index (χ1v) is 6.66. The van der Waals surface area contributed by atoms with E-state index in [4.69, 9.17) is 35.1 Å². The maximum atomic E-state index is 11.2. The lowest BCUT2D eigenvalue weighted by Crippen LogP contribution is -2.41. The molecule has 4 N–H and O–H groups in total. The van der Waals surface area contributed by atoms with Crippen LogP contribution < -0.4 is 0 Å². The predicted molar refractivity (Wildman–Crippen MR) is 67.6 cm³/mol. The van der Waals surface area contributed by atoms with E-state index < -0.39 is 35.1 Å². The number of carbonyl (C=O) groups excluding carboxylic acids is 1. The second kappa shape index (κ2) is 10.6. The minimum Gasteiger partial charge on any atom is -0.434 e. The number of hydrogen-bond donors (Lipinski definition) is 4. The van der Waals surface area contributed by atoms with Crippen molar-refractivity contribution in [2.45, 2.75) is 52.4 Å². The van der Waals surface area contributed by atoms with Gasteiger partial charge in [0.25, 0.3) is 0 Å². The van der Waals surface area contributed by atoms with Crippen LogP contribution in [0.3, 0.4) is 0 Å². The van der Waals surface area contributed by atoms with Crippen molar-refractivity contribution in [2.24, 2.45) is 5.92 Å². The Morgan fingerprint density at radius 1 is 1.00 bits per heavy atom. The van der Waals surface area contributed by atoms with Gasteiger partial charge < -0.3 is 9.47 Å². The van der Waals surface area contributed by atoms with Crippen molar-refractivity contribution in [3.05, 3.63) is 0 Å². The lowest BCUT2D eigenvalue weighted by atomic mass is 9.97. The van der Waals surface area contributed by atoms with E-state index in [0.29, 0.717) is 0 Å². The zero-order valence-electron chi connectivity index (χ0n) is 12.9. The van der Waals surface area contributed by atoms with Crippen LogP contribution in [0.25, 0.3) is 0 Å². The largest absolute Gasteiger partial charge is 0.508 e. The Morgan fingerprint density at radius 3 is 2.00 bits per heavy atom. The third-order valence-corrected chi connectivity index (χ3v) is 2.63. The van der Waals surface area contributed by atoms with Gasteiger partial charge in [0.1, 0.15) is 12.2 Å². The average molecular weight is 328 g/mol. The molecule has 0 saturated carbocycles. The fraction of sp³-hybridized carbons (Fsp3) is 0.909. The zero-order valence-corrected chi connectivity index (χ0v) is 12.9. The highest BCUT2D eigenvalue weighted by atomic mass is 17.1. The minimum atomic E-state index is -0.971. The number of carbonyl (C=O) groups is 1. The molecule has 0 aliphatic rings. The van der Waals surface area contributed by atoms with E-state index in [0.717, 1.165) is 0 Å². The molecule has 0 spiro atoms. The highest BCUT2D eigenvalue weighted by molar-refractivity contribution is 5.59. The molecule has 1 unspecified atom stereocenters. The molecule has 22 heavy (non-hydrogen) atoms. The minimum absolute atomic E-state index is 0.00186. The van der Waals surface area contributed by atoms with E-state index in [2.05, 4.69) is 4.84 Å². The van der Waals surface area contributed by atoms with Gasteiger partial charge in [-0.25, -0.2) is 14.5 Å². The predicted octanol–water partition coefficient (Wildman–Crippen LogP) is 1.36. The molecule has 0 heterocycles. The highest BCUT2D eigenvalue weighted by Crippen LogP contribution is 2.19. The highest BCUT2D eigenvalue weighted by Gasteiger charge is 2.29. The van der Waals surface area contributed by atoms with Gasteiger partial charge in [0, 0.05) is 0 Å². The fourth-order valence-corrected chi connectivity index (χ4v) is 1.69. The molecule has 0 saturated heterocycles. The number of ether oxygens (including phenoxy) is 2. The Bertz CT molecular complexity index is 314. The van der Waals surface area contributed by atoms with Crippen LogP contribution >= 0.6 is 0 Å². The monoisotopic (exact) mass is 328 g/mol. The SMILES string of the molecule is CC(C)OC(=O)OCCC(C)[C@@H](ON(O)O)[C@@H](C)ON(O)O. The summed E-state index contributed by atoms with van der Waals surface area (Å²) in [5.41, 5.74) is 0. The normalized spacial score (nSPS) is 16.0. The molecule has 0 radical (unpaired) electrons. The van der Waals surface area contributed by atoms with Gasteiger partial charge >= 0.3 is 6.16 Å².